The number of aryl methyl sites for hydroxylation is 1. The van der Waals surface area contributed by atoms with Crippen molar-refractivity contribution in [1.29, 1.82) is 0 Å². The SMILES string of the molecule is Cc1nn(CO[C@H](C)[Si](C)(C)C)c(C)c1-c1ccc(NC(=O)[C@@H](NC(=O)OC(C)(C)C)C(C2CC2)C2CC2)cc1. The minimum absolute atomic E-state index is 0.147. The lowest BCUT2D eigenvalue weighted by Gasteiger charge is -2.29. The Bertz CT molecular complexity index is 1190. The summed E-state index contributed by atoms with van der Waals surface area (Å²) in [6.07, 6.45) is 3.92. The fourth-order valence-electron chi connectivity index (χ4n) is 5.28. The molecule has 2 aliphatic carbocycles. The summed E-state index contributed by atoms with van der Waals surface area (Å²) in [5.74, 6) is 0.937. The number of rotatable bonds is 11. The molecule has 40 heavy (non-hydrogen) atoms. The zero-order chi connectivity index (χ0) is 29.4. The molecule has 1 aromatic heterocycles. The van der Waals surface area contributed by atoms with Crippen LogP contribution in [0.5, 0.6) is 0 Å². The molecule has 0 saturated heterocycles. The summed E-state index contributed by atoms with van der Waals surface area (Å²) in [6.45, 7) is 19.1. The Morgan fingerprint density at radius 1 is 1.05 bits per heavy atom. The van der Waals surface area contributed by atoms with Crippen LogP contribution in [0, 0.1) is 31.6 Å². The van der Waals surface area contributed by atoms with Gasteiger partial charge in [-0.25, -0.2) is 9.48 Å². The molecule has 8 nitrogen and oxygen atoms in total. The Kier molecular flexibility index (Phi) is 8.85. The second kappa shape index (κ2) is 11.7. The van der Waals surface area contributed by atoms with Crippen LogP contribution in [0.2, 0.25) is 19.6 Å². The van der Waals surface area contributed by atoms with Crippen LogP contribution in [0.1, 0.15) is 64.8 Å². The molecule has 2 amide bonds. The van der Waals surface area contributed by atoms with Gasteiger partial charge in [-0.1, -0.05) is 31.8 Å². The van der Waals surface area contributed by atoms with Gasteiger partial charge < -0.3 is 20.1 Å². The van der Waals surface area contributed by atoms with Crippen molar-refractivity contribution in [2.24, 2.45) is 17.8 Å². The van der Waals surface area contributed by atoms with E-state index in [0.717, 1.165) is 48.2 Å². The molecule has 0 bridgehead atoms. The van der Waals surface area contributed by atoms with Crippen LogP contribution in [0.3, 0.4) is 0 Å². The summed E-state index contributed by atoms with van der Waals surface area (Å²) in [6, 6.07) is 7.24. The van der Waals surface area contributed by atoms with Gasteiger partial charge in [0.1, 0.15) is 18.4 Å². The van der Waals surface area contributed by atoms with Crippen molar-refractivity contribution in [3.63, 3.8) is 0 Å². The van der Waals surface area contributed by atoms with Gasteiger partial charge in [-0.3, -0.25) is 4.79 Å². The van der Waals surface area contributed by atoms with Crippen molar-refractivity contribution >= 4 is 25.8 Å². The summed E-state index contributed by atoms with van der Waals surface area (Å²) < 4.78 is 13.6. The first-order valence-electron chi connectivity index (χ1n) is 14.7. The van der Waals surface area contributed by atoms with Gasteiger partial charge in [0.05, 0.1) is 13.8 Å². The number of hydrogen-bond acceptors (Lipinski definition) is 5. The van der Waals surface area contributed by atoms with Gasteiger partial charge in [0.25, 0.3) is 0 Å². The van der Waals surface area contributed by atoms with Crippen LogP contribution < -0.4 is 10.6 Å². The molecule has 2 atom stereocenters. The van der Waals surface area contributed by atoms with E-state index < -0.39 is 25.8 Å². The van der Waals surface area contributed by atoms with Crippen molar-refractivity contribution < 1.29 is 19.1 Å². The molecule has 2 N–H and O–H groups in total. The van der Waals surface area contributed by atoms with Gasteiger partial charge in [-0.2, -0.15) is 5.10 Å². The van der Waals surface area contributed by atoms with E-state index in [1.165, 1.54) is 0 Å². The number of amides is 2. The molecule has 0 radical (unpaired) electrons. The van der Waals surface area contributed by atoms with Crippen LogP contribution in [0.4, 0.5) is 10.5 Å². The average Bonchev–Trinajstić information content (AvgIpc) is 3.76. The highest BCUT2D eigenvalue weighted by Gasteiger charge is 2.48. The standard InChI is InChI=1S/C31H48N4O4Si/c1-19-26(20(2)35(34-19)18-38-21(3)40(7,8)9)22-14-16-25(17-15-22)32-29(36)28(33-30(37)39-31(4,5)6)27(23-10-11-23)24-12-13-24/h14-17,21,23-24,27-28H,10-13,18H2,1-9H3,(H,32,36)(H,33,37)/t21-,28-/m0/s1. The Morgan fingerprint density at radius 3 is 2.12 bits per heavy atom. The Labute approximate surface area is 240 Å². The number of alkyl carbamates (subject to hydrolysis) is 1. The lowest BCUT2D eigenvalue weighted by molar-refractivity contribution is -0.120. The van der Waals surface area contributed by atoms with E-state index in [9.17, 15) is 9.59 Å². The average molecular weight is 569 g/mol. The third kappa shape index (κ3) is 7.75. The Balaban J connectivity index is 1.47. The maximum absolute atomic E-state index is 13.6. The number of carbonyl (C=O) groups excluding carboxylic acids is 2. The summed E-state index contributed by atoms with van der Waals surface area (Å²) in [5, 5.41) is 10.7. The quantitative estimate of drug-likeness (QED) is 0.295. The summed E-state index contributed by atoms with van der Waals surface area (Å²) in [4.78, 5) is 26.3. The molecule has 0 spiro atoms. The molecule has 2 aliphatic rings. The fourth-order valence-corrected chi connectivity index (χ4v) is 5.85. The third-order valence-corrected chi connectivity index (χ3v) is 10.8. The molecule has 2 aromatic rings. The molecule has 4 rings (SSSR count). The van der Waals surface area contributed by atoms with Crippen LogP contribution in [-0.2, 0) is 21.0 Å². The normalized spacial score (nSPS) is 17.4. The molecule has 9 heteroatoms. The van der Waals surface area contributed by atoms with Crippen LogP contribution >= 0.6 is 0 Å². The second-order valence-corrected chi connectivity index (χ2v) is 19.3. The zero-order valence-electron chi connectivity index (χ0n) is 25.8. The first-order valence-corrected chi connectivity index (χ1v) is 18.3. The van der Waals surface area contributed by atoms with Crippen molar-refractivity contribution in [1.82, 2.24) is 15.1 Å². The number of hydrogen-bond donors (Lipinski definition) is 2. The summed E-state index contributed by atoms with van der Waals surface area (Å²) >= 11 is 0. The first kappa shape index (κ1) is 30.3. The fraction of sp³-hybridized carbons (Fsp3) is 0.645. The number of ether oxygens (including phenoxy) is 2. The van der Waals surface area contributed by atoms with Gasteiger partial charge >= 0.3 is 6.09 Å². The number of carbonyl (C=O) groups is 2. The summed E-state index contributed by atoms with van der Waals surface area (Å²) in [5.41, 5.74) is 4.41. The molecule has 1 aromatic carbocycles. The van der Waals surface area contributed by atoms with Crippen molar-refractivity contribution in [2.75, 3.05) is 5.32 Å². The Morgan fingerprint density at radius 2 is 1.62 bits per heavy atom. The van der Waals surface area contributed by atoms with Crippen molar-refractivity contribution in [3.8, 4) is 11.1 Å². The van der Waals surface area contributed by atoms with Crippen molar-refractivity contribution in [2.45, 2.75) is 111 Å². The highest BCUT2D eigenvalue weighted by atomic mass is 28.3. The van der Waals surface area contributed by atoms with Gasteiger partial charge in [0, 0.05) is 22.7 Å². The van der Waals surface area contributed by atoms with E-state index in [-0.39, 0.29) is 17.6 Å². The smallest absolute Gasteiger partial charge is 0.408 e. The molecule has 2 fully saturated rings. The molecule has 220 valence electrons. The van der Waals surface area contributed by atoms with Gasteiger partial charge in [0.15, 0.2) is 0 Å². The van der Waals surface area contributed by atoms with E-state index in [4.69, 9.17) is 14.6 Å². The van der Waals surface area contributed by atoms with E-state index in [1.54, 1.807) is 0 Å². The number of nitrogens with one attached hydrogen (secondary N) is 2. The third-order valence-electron chi connectivity index (χ3n) is 8.16. The predicted molar refractivity (Wildman–Crippen MR) is 162 cm³/mol. The monoisotopic (exact) mass is 568 g/mol. The highest BCUT2D eigenvalue weighted by molar-refractivity contribution is 6.77. The second-order valence-electron chi connectivity index (χ2n) is 13.8. The van der Waals surface area contributed by atoms with Crippen LogP contribution in [0.15, 0.2) is 24.3 Å². The minimum Gasteiger partial charge on any atom is -0.444 e. The first-order chi connectivity index (χ1) is 18.6. The number of anilines is 1. The molecular weight excluding hydrogens is 520 g/mol. The van der Waals surface area contributed by atoms with Gasteiger partial charge in [0.2, 0.25) is 5.91 Å². The topological polar surface area (TPSA) is 94.5 Å². The summed E-state index contributed by atoms with van der Waals surface area (Å²) in [7, 11) is -1.39. The Hall–Kier alpha value is -2.65. The van der Waals surface area contributed by atoms with Gasteiger partial charge in [-0.15, -0.1) is 0 Å². The number of benzene rings is 1. The van der Waals surface area contributed by atoms with E-state index in [0.29, 0.717) is 24.3 Å². The lowest BCUT2D eigenvalue weighted by Crippen LogP contribution is -2.51. The maximum Gasteiger partial charge on any atom is 0.408 e. The molecule has 0 unspecified atom stereocenters. The van der Waals surface area contributed by atoms with E-state index in [1.807, 2.05) is 56.6 Å². The largest absolute Gasteiger partial charge is 0.444 e. The van der Waals surface area contributed by atoms with Crippen LogP contribution in [-0.4, -0.2) is 47.2 Å². The maximum atomic E-state index is 13.6. The van der Waals surface area contributed by atoms with Gasteiger partial charge in [-0.05, 0) is 103 Å². The van der Waals surface area contributed by atoms with Crippen LogP contribution in [0.25, 0.3) is 11.1 Å². The molecular formula is C31H48N4O4Si. The predicted octanol–water partition coefficient (Wildman–Crippen LogP) is 6.67. The van der Waals surface area contributed by atoms with E-state index >= 15 is 0 Å². The number of nitrogens with zero attached hydrogens (tertiary/aromatic N) is 2. The minimum atomic E-state index is -1.39. The van der Waals surface area contributed by atoms with Crippen molar-refractivity contribution in [3.05, 3.63) is 35.7 Å². The lowest BCUT2D eigenvalue weighted by atomic mass is 9.88. The zero-order valence-corrected chi connectivity index (χ0v) is 26.8. The van der Waals surface area contributed by atoms with E-state index in [2.05, 4.69) is 44.1 Å². The molecule has 0 aliphatic heterocycles. The molecule has 1 heterocycles. The molecule has 2 saturated carbocycles. The number of aromatic nitrogens is 2. The highest BCUT2D eigenvalue weighted by Crippen LogP contribution is 2.51.